The molecule has 238 valence electrons. The van der Waals surface area contributed by atoms with Gasteiger partial charge in [-0.25, -0.2) is 4.79 Å². The second-order valence-corrected chi connectivity index (χ2v) is 13.2. The molecule has 0 heterocycles. The maximum atomic E-state index is 11.7. The molecule has 0 saturated carbocycles. The fraction of sp³-hybridized carbons (Fsp3) is 0.410. The van der Waals surface area contributed by atoms with Gasteiger partial charge in [-0.15, -0.1) is 0 Å². The predicted molar refractivity (Wildman–Crippen MR) is 179 cm³/mol. The summed E-state index contributed by atoms with van der Waals surface area (Å²) in [5.41, 5.74) is 4.81. The van der Waals surface area contributed by atoms with E-state index in [-0.39, 0.29) is 11.3 Å². The highest BCUT2D eigenvalue weighted by molar-refractivity contribution is 5.67. The number of allylic oxidation sites excluding steroid dienone is 4. The Morgan fingerprint density at radius 1 is 0.911 bits per heavy atom. The third-order valence-electron chi connectivity index (χ3n) is 8.60. The zero-order valence-electron chi connectivity index (χ0n) is 27.1. The maximum absolute atomic E-state index is 11.7. The van der Waals surface area contributed by atoms with Crippen molar-refractivity contribution in [2.24, 2.45) is 11.3 Å². The van der Waals surface area contributed by atoms with Crippen LogP contribution in [0.25, 0.3) is 0 Å². The molecule has 0 aliphatic heterocycles. The standard InChI is InChI=1S/C39H47NO5/c1-38(2,3)45-37(41)40-23-24-42-25-26-43-32-16-13-30(14-17-32)36-34-19-18-33(44-28-29-11-7-5-8-12-29)27-31(34)15-20-35(36)39(4)21-9-6-10-22-39/h5-14,16-19,21,27,35-36H,15,20,22-26,28H2,1-4H3,(H,40,41)/t35-,36+,39?/m0/s1. The van der Waals surface area contributed by atoms with Crippen molar-refractivity contribution in [2.45, 2.75) is 65.1 Å². The van der Waals surface area contributed by atoms with Crippen molar-refractivity contribution in [1.29, 1.82) is 0 Å². The molecule has 45 heavy (non-hydrogen) atoms. The second-order valence-electron chi connectivity index (χ2n) is 13.2. The molecule has 1 N–H and O–H groups in total. The number of amides is 1. The Morgan fingerprint density at radius 3 is 2.42 bits per heavy atom. The van der Waals surface area contributed by atoms with Crippen molar-refractivity contribution in [3.8, 4) is 11.5 Å². The largest absolute Gasteiger partial charge is 0.491 e. The minimum Gasteiger partial charge on any atom is -0.491 e. The number of hydrogen-bond acceptors (Lipinski definition) is 5. The molecule has 0 saturated heterocycles. The van der Waals surface area contributed by atoms with Crippen molar-refractivity contribution in [3.63, 3.8) is 0 Å². The first-order chi connectivity index (χ1) is 21.7. The molecule has 3 atom stereocenters. The van der Waals surface area contributed by atoms with Crippen molar-refractivity contribution in [3.05, 3.63) is 119 Å². The number of aryl methyl sites for hydroxylation is 1. The van der Waals surface area contributed by atoms with Gasteiger partial charge in [0.2, 0.25) is 0 Å². The van der Waals surface area contributed by atoms with Gasteiger partial charge in [-0.1, -0.05) is 79.8 Å². The monoisotopic (exact) mass is 609 g/mol. The highest BCUT2D eigenvalue weighted by atomic mass is 16.6. The molecule has 0 radical (unpaired) electrons. The van der Waals surface area contributed by atoms with Crippen LogP contribution in [0.4, 0.5) is 4.79 Å². The molecule has 3 aromatic rings. The van der Waals surface area contributed by atoms with Gasteiger partial charge in [-0.05, 0) is 97.9 Å². The summed E-state index contributed by atoms with van der Waals surface area (Å²) in [5.74, 6) is 2.48. The summed E-state index contributed by atoms with van der Waals surface area (Å²) in [6, 6.07) is 25.6. The summed E-state index contributed by atoms with van der Waals surface area (Å²) in [6.45, 7) is 10.1. The average molecular weight is 610 g/mol. The Hall–Kier alpha value is -4.03. The highest BCUT2D eigenvalue weighted by Gasteiger charge is 2.41. The molecule has 2 aliphatic rings. The number of carbonyl (C=O) groups excluding carboxylic acids is 1. The van der Waals surface area contributed by atoms with Crippen LogP contribution in [0.1, 0.15) is 68.7 Å². The Bertz CT molecular complexity index is 1460. The van der Waals surface area contributed by atoms with Gasteiger partial charge in [-0.3, -0.25) is 0 Å². The predicted octanol–water partition coefficient (Wildman–Crippen LogP) is 8.40. The normalized spacial score (nSPS) is 20.7. The highest BCUT2D eigenvalue weighted by Crippen LogP contribution is 2.52. The van der Waals surface area contributed by atoms with Gasteiger partial charge in [0, 0.05) is 12.5 Å². The first kappa shape index (κ1) is 32.4. The van der Waals surface area contributed by atoms with Gasteiger partial charge in [-0.2, -0.15) is 0 Å². The zero-order valence-corrected chi connectivity index (χ0v) is 27.1. The van der Waals surface area contributed by atoms with E-state index < -0.39 is 11.7 Å². The summed E-state index contributed by atoms with van der Waals surface area (Å²) < 4.78 is 23.0. The Labute approximate surface area is 268 Å². The van der Waals surface area contributed by atoms with E-state index in [0.717, 1.165) is 30.8 Å². The molecule has 0 fully saturated rings. The molecule has 0 aromatic heterocycles. The molecule has 2 aliphatic carbocycles. The number of nitrogens with one attached hydrogen (secondary N) is 1. The van der Waals surface area contributed by atoms with Gasteiger partial charge in [0.05, 0.1) is 13.2 Å². The SMILES string of the molecule is CC(C)(C)OC(=O)NCCOCCOc1ccc([C@@H]2c3ccc(OCc4ccccc4)cc3CC[C@@H]2C2(C)C=CC=CC2)cc1. The Kier molecular flexibility index (Phi) is 10.7. The molecule has 3 aromatic carbocycles. The zero-order chi connectivity index (χ0) is 31.7. The Morgan fingerprint density at radius 2 is 1.69 bits per heavy atom. The number of hydrogen-bond donors (Lipinski definition) is 1. The number of ether oxygens (including phenoxy) is 4. The van der Waals surface area contributed by atoms with E-state index in [4.69, 9.17) is 18.9 Å². The van der Waals surface area contributed by atoms with E-state index in [1.54, 1.807) is 0 Å². The van der Waals surface area contributed by atoms with Crippen LogP contribution in [0.15, 0.2) is 97.1 Å². The van der Waals surface area contributed by atoms with Crippen molar-refractivity contribution in [1.82, 2.24) is 5.32 Å². The first-order valence-corrected chi connectivity index (χ1v) is 16.1. The third-order valence-corrected chi connectivity index (χ3v) is 8.60. The van der Waals surface area contributed by atoms with Crippen LogP contribution in [-0.4, -0.2) is 38.1 Å². The number of rotatable bonds is 12. The lowest BCUT2D eigenvalue weighted by Crippen LogP contribution is -2.35. The molecule has 6 heteroatoms. The van der Waals surface area contributed by atoms with E-state index in [9.17, 15) is 4.79 Å². The summed E-state index contributed by atoms with van der Waals surface area (Å²) >= 11 is 0. The molecule has 0 bridgehead atoms. The van der Waals surface area contributed by atoms with Gasteiger partial charge in [0.15, 0.2) is 0 Å². The first-order valence-electron chi connectivity index (χ1n) is 16.1. The van der Waals surface area contributed by atoms with Crippen molar-refractivity contribution in [2.75, 3.05) is 26.4 Å². The van der Waals surface area contributed by atoms with Crippen molar-refractivity contribution >= 4 is 6.09 Å². The number of fused-ring (bicyclic) bond motifs is 1. The van der Waals surface area contributed by atoms with E-state index in [0.29, 0.717) is 38.9 Å². The smallest absolute Gasteiger partial charge is 0.407 e. The van der Waals surface area contributed by atoms with Crippen LogP contribution in [0.2, 0.25) is 0 Å². The molecular weight excluding hydrogens is 562 g/mol. The van der Waals surface area contributed by atoms with Crippen LogP contribution in [-0.2, 0) is 22.5 Å². The number of benzene rings is 3. The lowest BCUT2D eigenvalue weighted by molar-refractivity contribution is 0.0489. The molecule has 5 rings (SSSR count). The van der Waals surface area contributed by atoms with Gasteiger partial charge in [0.25, 0.3) is 0 Å². The van der Waals surface area contributed by atoms with Crippen molar-refractivity contribution < 1.29 is 23.7 Å². The molecular formula is C39H47NO5. The fourth-order valence-electron chi connectivity index (χ4n) is 6.40. The summed E-state index contributed by atoms with van der Waals surface area (Å²) in [7, 11) is 0. The lowest BCUT2D eigenvalue weighted by atomic mass is 9.59. The molecule has 1 unspecified atom stereocenters. The third kappa shape index (κ3) is 9.01. The molecule has 0 spiro atoms. The van der Waals surface area contributed by atoms with Crippen LogP contribution in [0.5, 0.6) is 11.5 Å². The van der Waals surface area contributed by atoms with E-state index in [2.05, 4.69) is 91.1 Å². The summed E-state index contributed by atoms with van der Waals surface area (Å²) in [6.07, 6.45) is 11.9. The van der Waals surface area contributed by atoms with E-state index in [1.165, 1.54) is 22.3 Å². The number of carbonyl (C=O) groups is 1. The van der Waals surface area contributed by atoms with Gasteiger partial charge >= 0.3 is 6.09 Å². The van der Waals surface area contributed by atoms with Gasteiger partial charge in [0.1, 0.15) is 30.3 Å². The van der Waals surface area contributed by atoms with E-state index in [1.807, 2.05) is 39.0 Å². The molecule has 6 nitrogen and oxygen atoms in total. The van der Waals surface area contributed by atoms with Crippen LogP contribution < -0.4 is 14.8 Å². The minimum atomic E-state index is -0.515. The van der Waals surface area contributed by atoms with Crippen LogP contribution in [0.3, 0.4) is 0 Å². The maximum Gasteiger partial charge on any atom is 0.407 e. The van der Waals surface area contributed by atoms with E-state index >= 15 is 0 Å². The summed E-state index contributed by atoms with van der Waals surface area (Å²) in [5, 5.41) is 2.70. The minimum absolute atomic E-state index is 0.0877. The Balaban J connectivity index is 1.21. The van der Waals surface area contributed by atoms with Gasteiger partial charge < -0.3 is 24.3 Å². The molecule has 1 amide bonds. The van der Waals surface area contributed by atoms with Crippen LogP contribution in [0, 0.1) is 11.3 Å². The lowest BCUT2D eigenvalue weighted by Gasteiger charge is -2.44. The van der Waals surface area contributed by atoms with Crippen LogP contribution >= 0.6 is 0 Å². The number of alkyl carbamates (subject to hydrolysis) is 1. The second kappa shape index (κ2) is 14.8. The summed E-state index contributed by atoms with van der Waals surface area (Å²) in [4.78, 5) is 11.7. The fourth-order valence-corrected chi connectivity index (χ4v) is 6.40. The average Bonchev–Trinajstić information content (AvgIpc) is 3.03. The quantitative estimate of drug-likeness (QED) is 0.209. The topological polar surface area (TPSA) is 66.0 Å².